The number of benzene rings is 1. The van der Waals surface area contributed by atoms with Crippen molar-refractivity contribution < 1.29 is 4.79 Å². The molecule has 1 unspecified atom stereocenters. The van der Waals surface area contributed by atoms with Gasteiger partial charge in [-0.2, -0.15) is 11.8 Å². The van der Waals surface area contributed by atoms with Gasteiger partial charge in [-0.3, -0.25) is 4.79 Å². The average molecular weight is 300 g/mol. The SMILES string of the molecule is CN(c1ccc(C=O)c(Br)c1)C1CCSC1. The zero-order chi connectivity index (χ0) is 11.5. The predicted octanol–water partition coefficient (Wildman–Crippen LogP) is 3.20. The van der Waals surface area contributed by atoms with Gasteiger partial charge in [0.2, 0.25) is 0 Å². The minimum absolute atomic E-state index is 0.624. The van der Waals surface area contributed by atoms with Crippen molar-refractivity contribution in [2.75, 3.05) is 23.5 Å². The van der Waals surface area contributed by atoms with E-state index in [4.69, 9.17) is 0 Å². The second-order valence-corrected chi connectivity index (χ2v) is 5.96. The Morgan fingerprint density at radius 3 is 2.94 bits per heavy atom. The lowest BCUT2D eigenvalue weighted by molar-refractivity contribution is 0.112. The highest BCUT2D eigenvalue weighted by Gasteiger charge is 2.20. The van der Waals surface area contributed by atoms with Crippen molar-refractivity contribution in [3.63, 3.8) is 0 Å². The summed E-state index contributed by atoms with van der Waals surface area (Å²) in [5.74, 6) is 2.45. The fourth-order valence-electron chi connectivity index (χ4n) is 1.87. The van der Waals surface area contributed by atoms with Crippen molar-refractivity contribution in [2.24, 2.45) is 0 Å². The summed E-state index contributed by atoms with van der Waals surface area (Å²) < 4.78 is 0.873. The Hall–Kier alpha value is -0.480. The Bertz CT molecular complexity index is 391. The first kappa shape index (κ1) is 12.0. The van der Waals surface area contributed by atoms with Gasteiger partial charge in [0.05, 0.1) is 0 Å². The van der Waals surface area contributed by atoms with E-state index in [0.29, 0.717) is 11.6 Å². The molecule has 2 rings (SSSR count). The molecule has 0 aliphatic carbocycles. The summed E-state index contributed by atoms with van der Waals surface area (Å²) in [5.41, 5.74) is 1.88. The third kappa shape index (κ3) is 2.43. The zero-order valence-corrected chi connectivity index (χ0v) is 11.6. The van der Waals surface area contributed by atoms with Gasteiger partial charge in [0.25, 0.3) is 0 Å². The van der Waals surface area contributed by atoms with Crippen LogP contribution in [0.2, 0.25) is 0 Å². The van der Waals surface area contributed by atoms with E-state index in [-0.39, 0.29) is 0 Å². The second kappa shape index (κ2) is 5.23. The quantitative estimate of drug-likeness (QED) is 0.800. The second-order valence-electron chi connectivity index (χ2n) is 3.95. The molecular formula is C12H14BrNOS. The number of hydrogen-bond donors (Lipinski definition) is 0. The molecular weight excluding hydrogens is 286 g/mol. The molecule has 2 nitrogen and oxygen atoms in total. The van der Waals surface area contributed by atoms with Gasteiger partial charge in [0.1, 0.15) is 0 Å². The third-order valence-electron chi connectivity index (χ3n) is 2.97. The normalized spacial score (nSPS) is 19.8. The molecule has 1 saturated heterocycles. The first-order valence-electron chi connectivity index (χ1n) is 5.27. The number of nitrogens with zero attached hydrogens (tertiary/aromatic N) is 1. The van der Waals surface area contributed by atoms with Crippen molar-refractivity contribution in [2.45, 2.75) is 12.5 Å². The smallest absolute Gasteiger partial charge is 0.151 e. The van der Waals surface area contributed by atoms with E-state index in [9.17, 15) is 4.79 Å². The number of halogens is 1. The van der Waals surface area contributed by atoms with E-state index in [1.54, 1.807) is 0 Å². The topological polar surface area (TPSA) is 20.3 Å². The van der Waals surface area contributed by atoms with Gasteiger partial charge in [-0.1, -0.05) is 0 Å². The molecule has 1 aliphatic heterocycles. The number of anilines is 1. The molecule has 0 amide bonds. The van der Waals surface area contributed by atoms with Crippen LogP contribution < -0.4 is 4.90 Å². The van der Waals surface area contributed by atoms with E-state index in [2.05, 4.69) is 27.9 Å². The van der Waals surface area contributed by atoms with Crippen molar-refractivity contribution in [3.8, 4) is 0 Å². The summed E-state index contributed by atoms with van der Waals surface area (Å²) in [7, 11) is 2.12. The number of rotatable bonds is 3. The van der Waals surface area contributed by atoms with Crippen LogP contribution in [0.3, 0.4) is 0 Å². The van der Waals surface area contributed by atoms with Gasteiger partial charge in [-0.15, -0.1) is 0 Å². The Morgan fingerprint density at radius 1 is 1.56 bits per heavy atom. The van der Waals surface area contributed by atoms with Gasteiger partial charge in [0, 0.05) is 34.6 Å². The van der Waals surface area contributed by atoms with E-state index < -0.39 is 0 Å². The highest BCUT2D eigenvalue weighted by Crippen LogP contribution is 2.28. The van der Waals surface area contributed by atoms with E-state index in [0.717, 1.165) is 10.8 Å². The van der Waals surface area contributed by atoms with Crippen molar-refractivity contribution in [1.82, 2.24) is 0 Å². The van der Waals surface area contributed by atoms with E-state index in [1.807, 2.05) is 30.0 Å². The van der Waals surface area contributed by atoms with Crippen LogP contribution in [0, 0.1) is 0 Å². The molecule has 1 aromatic rings. The minimum atomic E-state index is 0.624. The molecule has 1 aliphatic rings. The molecule has 1 heterocycles. The lowest BCUT2D eigenvalue weighted by Crippen LogP contribution is -2.31. The first-order chi connectivity index (χ1) is 7.72. The van der Waals surface area contributed by atoms with Crippen LogP contribution in [0.1, 0.15) is 16.8 Å². The Labute approximate surface area is 109 Å². The van der Waals surface area contributed by atoms with Crippen LogP contribution >= 0.6 is 27.7 Å². The van der Waals surface area contributed by atoms with Gasteiger partial charge < -0.3 is 4.90 Å². The molecule has 0 radical (unpaired) electrons. The molecule has 1 fully saturated rings. The summed E-state index contributed by atoms with van der Waals surface area (Å²) >= 11 is 5.43. The number of aldehydes is 1. The number of thioether (sulfide) groups is 1. The fourth-order valence-corrected chi connectivity index (χ4v) is 3.60. The van der Waals surface area contributed by atoms with Crippen LogP contribution in [-0.2, 0) is 0 Å². The van der Waals surface area contributed by atoms with Crippen LogP contribution in [-0.4, -0.2) is 30.9 Å². The van der Waals surface area contributed by atoms with Gasteiger partial charge in [-0.05, 0) is 46.3 Å². The number of hydrogen-bond acceptors (Lipinski definition) is 3. The van der Waals surface area contributed by atoms with Crippen LogP contribution in [0.15, 0.2) is 22.7 Å². The minimum Gasteiger partial charge on any atom is -0.371 e. The van der Waals surface area contributed by atoms with Crippen LogP contribution in [0.25, 0.3) is 0 Å². The lowest BCUT2D eigenvalue weighted by Gasteiger charge is -2.26. The number of carbonyl (C=O) groups is 1. The first-order valence-corrected chi connectivity index (χ1v) is 7.22. The molecule has 1 aromatic carbocycles. The van der Waals surface area contributed by atoms with Crippen molar-refractivity contribution >= 4 is 39.7 Å². The monoisotopic (exact) mass is 299 g/mol. The largest absolute Gasteiger partial charge is 0.371 e. The van der Waals surface area contributed by atoms with Gasteiger partial charge in [0.15, 0.2) is 6.29 Å². The van der Waals surface area contributed by atoms with Gasteiger partial charge >= 0.3 is 0 Å². The molecule has 0 saturated carbocycles. The molecule has 0 spiro atoms. The highest BCUT2D eigenvalue weighted by molar-refractivity contribution is 9.10. The maximum atomic E-state index is 10.7. The summed E-state index contributed by atoms with van der Waals surface area (Å²) in [6.45, 7) is 0. The molecule has 16 heavy (non-hydrogen) atoms. The van der Waals surface area contributed by atoms with E-state index in [1.165, 1.54) is 23.6 Å². The molecule has 0 aromatic heterocycles. The standard InChI is InChI=1S/C12H14BrNOS/c1-14(11-4-5-16-8-11)10-3-2-9(7-15)12(13)6-10/h2-3,6-7,11H,4-5,8H2,1H3. The summed E-state index contributed by atoms with van der Waals surface area (Å²) in [4.78, 5) is 13.0. The summed E-state index contributed by atoms with van der Waals surface area (Å²) in [6, 6.07) is 6.52. The Balaban J connectivity index is 2.19. The molecule has 0 bridgehead atoms. The van der Waals surface area contributed by atoms with Gasteiger partial charge in [-0.25, -0.2) is 0 Å². The Morgan fingerprint density at radius 2 is 2.38 bits per heavy atom. The predicted molar refractivity (Wildman–Crippen MR) is 73.7 cm³/mol. The highest BCUT2D eigenvalue weighted by atomic mass is 79.9. The average Bonchev–Trinajstić information content (AvgIpc) is 2.81. The molecule has 4 heteroatoms. The summed E-state index contributed by atoms with van der Waals surface area (Å²) in [5, 5.41) is 0. The maximum absolute atomic E-state index is 10.7. The third-order valence-corrected chi connectivity index (χ3v) is 4.80. The number of carbonyl (C=O) groups excluding carboxylic acids is 1. The van der Waals surface area contributed by atoms with Crippen molar-refractivity contribution in [1.29, 1.82) is 0 Å². The van der Waals surface area contributed by atoms with Crippen LogP contribution in [0.4, 0.5) is 5.69 Å². The molecule has 86 valence electrons. The zero-order valence-electron chi connectivity index (χ0n) is 9.15. The lowest BCUT2D eigenvalue weighted by atomic mass is 10.1. The fraction of sp³-hybridized carbons (Fsp3) is 0.417. The molecule has 1 atom stereocenters. The summed E-state index contributed by atoms with van der Waals surface area (Å²) in [6.07, 6.45) is 2.12. The van der Waals surface area contributed by atoms with E-state index >= 15 is 0 Å². The Kier molecular flexibility index (Phi) is 3.92. The maximum Gasteiger partial charge on any atom is 0.151 e. The molecule has 0 N–H and O–H groups in total. The van der Waals surface area contributed by atoms with Crippen LogP contribution in [0.5, 0.6) is 0 Å². The van der Waals surface area contributed by atoms with Crippen molar-refractivity contribution in [3.05, 3.63) is 28.2 Å².